The van der Waals surface area contributed by atoms with E-state index in [4.69, 9.17) is 9.47 Å². The van der Waals surface area contributed by atoms with E-state index < -0.39 is 24.4 Å². The average molecular weight is 525 g/mol. The summed E-state index contributed by atoms with van der Waals surface area (Å²) in [5, 5.41) is 0.958. The van der Waals surface area contributed by atoms with E-state index in [0.29, 0.717) is 21.8 Å². The molecule has 0 saturated heterocycles. The molecule has 0 aliphatic heterocycles. The molecule has 4 rings (SSSR count). The van der Waals surface area contributed by atoms with Gasteiger partial charge in [-0.3, -0.25) is 9.80 Å². The Morgan fingerprint density at radius 1 is 0.737 bits per heavy atom. The highest BCUT2D eigenvalue weighted by atomic mass is 19.1. The SMILES string of the molecule is CN(C)C(Cn1ccc2c(F)cccc21)OC(=O)/C=C/C(=O)OC(Cn1ccc2c(F)cccc21)N(C)C. The molecule has 38 heavy (non-hydrogen) atoms. The molecule has 2 aromatic carbocycles. The lowest BCUT2D eigenvalue weighted by Crippen LogP contribution is -2.36. The van der Waals surface area contributed by atoms with Crippen LogP contribution in [0.5, 0.6) is 0 Å². The second-order valence-corrected chi connectivity index (χ2v) is 9.33. The van der Waals surface area contributed by atoms with Gasteiger partial charge in [0, 0.05) is 35.3 Å². The number of benzene rings is 2. The number of likely N-dealkylation sites (N-methyl/N-ethyl adjacent to an activating group) is 2. The molecule has 4 aromatic rings. The summed E-state index contributed by atoms with van der Waals surface area (Å²) in [6.07, 6.45) is 4.15. The smallest absolute Gasteiger partial charge is 0.332 e. The topological polar surface area (TPSA) is 68.9 Å². The van der Waals surface area contributed by atoms with Crippen molar-refractivity contribution >= 4 is 33.7 Å². The minimum absolute atomic E-state index is 0.262. The van der Waals surface area contributed by atoms with Crippen LogP contribution in [0.1, 0.15) is 0 Å². The van der Waals surface area contributed by atoms with Crippen molar-refractivity contribution in [2.75, 3.05) is 28.2 Å². The molecule has 8 nitrogen and oxygen atoms in total. The van der Waals surface area contributed by atoms with Crippen molar-refractivity contribution in [3.63, 3.8) is 0 Å². The van der Waals surface area contributed by atoms with E-state index >= 15 is 0 Å². The van der Waals surface area contributed by atoms with Crippen molar-refractivity contribution < 1.29 is 27.8 Å². The van der Waals surface area contributed by atoms with Gasteiger partial charge < -0.3 is 18.6 Å². The highest BCUT2D eigenvalue weighted by Crippen LogP contribution is 2.21. The summed E-state index contributed by atoms with van der Waals surface area (Å²) in [6.45, 7) is 0.524. The molecule has 0 aliphatic carbocycles. The molecule has 0 aliphatic rings. The van der Waals surface area contributed by atoms with Crippen LogP contribution in [0.2, 0.25) is 0 Å². The Bertz CT molecular complexity index is 1360. The van der Waals surface area contributed by atoms with E-state index in [0.717, 1.165) is 12.2 Å². The predicted octanol–water partition coefficient (Wildman–Crippen LogP) is 3.99. The van der Waals surface area contributed by atoms with Crippen molar-refractivity contribution in [1.29, 1.82) is 0 Å². The van der Waals surface area contributed by atoms with Crippen molar-refractivity contribution in [2.24, 2.45) is 0 Å². The van der Waals surface area contributed by atoms with Gasteiger partial charge in [0.05, 0.1) is 24.1 Å². The van der Waals surface area contributed by atoms with Gasteiger partial charge in [0.15, 0.2) is 12.5 Å². The third kappa shape index (κ3) is 6.09. The lowest BCUT2D eigenvalue weighted by Gasteiger charge is -2.25. The van der Waals surface area contributed by atoms with E-state index in [2.05, 4.69) is 0 Å². The summed E-state index contributed by atoms with van der Waals surface area (Å²) < 4.78 is 42.7. The Morgan fingerprint density at radius 2 is 1.13 bits per heavy atom. The summed E-state index contributed by atoms with van der Waals surface area (Å²) >= 11 is 0. The first kappa shape index (κ1) is 27.0. The van der Waals surface area contributed by atoms with E-state index in [9.17, 15) is 18.4 Å². The molecule has 2 unspecified atom stereocenters. The van der Waals surface area contributed by atoms with Gasteiger partial charge in [-0.05, 0) is 64.6 Å². The summed E-state index contributed by atoms with van der Waals surface area (Å²) in [4.78, 5) is 28.4. The van der Waals surface area contributed by atoms with Crippen LogP contribution in [0.25, 0.3) is 21.8 Å². The molecule has 0 bridgehead atoms. The molecular formula is C28H30F2N4O4. The van der Waals surface area contributed by atoms with Gasteiger partial charge in [0.1, 0.15) is 11.6 Å². The Kier molecular flexibility index (Phi) is 8.23. The van der Waals surface area contributed by atoms with Crippen LogP contribution in [0, 0.1) is 11.6 Å². The molecule has 0 N–H and O–H groups in total. The lowest BCUT2D eigenvalue weighted by molar-refractivity contribution is -0.154. The van der Waals surface area contributed by atoms with Gasteiger partial charge in [-0.25, -0.2) is 18.4 Å². The van der Waals surface area contributed by atoms with Crippen LogP contribution < -0.4 is 0 Å². The number of carbonyl (C=O) groups is 2. The summed E-state index contributed by atoms with van der Waals surface area (Å²) in [5.74, 6) is -2.10. The standard InChI is InChI=1S/C28H30F2N4O4/c1-31(2)25(17-33-15-13-19-21(29)7-5-9-23(19)33)37-27(35)11-12-28(36)38-26(32(3)4)18-34-16-14-20-22(30)8-6-10-24(20)34/h5-16,25-26H,17-18H2,1-4H3/b12-11+. The van der Waals surface area contributed by atoms with E-state index in [1.165, 1.54) is 12.1 Å². The van der Waals surface area contributed by atoms with Crippen LogP contribution >= 0.6 is 0 Å². The minimum Gasteiger partial charge on any atom is -0.441 e. The first-order valence-corrected chi connectivity index (χ1v) is 12.0. The molecule has 2 atom stereocenters. The van der Waals surface area contributed by atoms with Gasteiger partial charge >= 0.3 is 11.9 Å². The second-order valence-electron chi connectivity index (χ2n) is 9.33. The third-order valence-corrected chi connectivity index (χ3v) is 6.24. The number of ether oxygens (including phenoxy) is 2. The fourth-order valence-corrected chi connectivity index (χ4v) is 4.12. The Balaban J connectivity index is 1.38. The molecule has 2 heterocycles. The van der Waals surface area contributed by atoms with Gasteiger partial charge in [-0.15, -0.1) is 0 Å². The number of carbonyl (C=O) groups excluding carboxylic acids is 2. The summed E-state index contributed by atoms with van der Waals surface area (Å²) in [6, 6.07) is 12.9. The molecule has 200 valence electrons. The molecule has 0 radical (unpaired) electrons. The number of fused-ring (bicyclic) bond motifs is 2. The number of esters is 2. The van der Waals surface area contributed by atoms with E-state index in [1.807, 2.05) is 0 Å². The van der Waals surface area contributed by atoms with E-state index in [-0.39, 0.29) is 24.7 Å². The number of nitrogens with zero attached hydrogens (tertiary/aromatic N) is 4. The van der Waals surface area contributed by atoms with Gasteiger partial charge in [-0.2, -0.15) is 0 Å². The van der Waals surface area contributed by atoms with Crippen LogP contribution in [0.3, 0.4) is 0 Å². The fraction of sp³-hybridized carbons (Fsp3) is 0.286. The number of halogens is 2. The van der Waals surface area contributed by atoms with Crippen LogP contribution in [-0.2, 0) is 32.2 Å². The van der Waals surface area contributed by atoms with Gasteiger partial charge in [0.2, 0.25) is 0 Å². The van der Waals surface area contributed by atoms with Gasteiger partial charge in [0.25, 0.3) is 0 Å². The number of hydrogen-bond acceptors (Lipinski definition) is 6. The highest BCUT2D eigenvalue weighted by molar-refractivity contribution is 5.91. The zero-order valence-electron chi connectivity index (χ0n) is 21.7. The maximum atomic E-state index is 14.0. The molecule has 0 spiro atoms. The normalized spacial score (nSPS) is 13.6. The van der Waals surface area contributed by atoms with Crippen molar-refractivity contribution in [2.45, 2.75) is 25.5 Å². The van der Waals surface area contributed by atoms with Crippen LogP contribution in [-0.4, -0.2) is 71.5 Å². The molecule has 0 fully saturated rings. The van der Waals surface area contributed by atoms with Crippen molar-refractivity contribution in [3.05, 3.63) is 84.7 Å². The zero-order valence-corrected chi connectivity index (χ0v) is 21.7. The molecule has 10 heteroatoms. The van der Waals surface area contributed by atoms with E-state index in [1.54, 1.807) is 95.9 Å². The monoisotopic (exact) mass is 524 g/mol. The molecule has 2 aromatic heterocycles. The van der Waals surface area contributed by atoms with Crippen LogP contribution in [0.4, 0.5) is 8.78 Å². The molecule has 0 amide bonds. The average Bonchev–Trinajstić information content (AvgIpc) is 3.47. The second kappa shape index (κ2) is 11.6. The lowest BCUT2D eigenvalue weighted by atomic mass is 10.2. The third-order valence-electron chi connectivity index (χ3n) is 6.24. The number of aromatic nitrogens is 2. The summed E-state index contributed by atoms with van der Waals surface area (Å²) in [5.41, 5.74) is 1.36. The van der Waals surface area contributed by atoms with Crippen molar-refractivity contribution in [3.8, 4) is 0 Å². The molecule has 0 saturated carbocycles. The highest BCUT2D eigenvalue weighted by Gasteiger charge is 2.20. The minimum atomic E-state index is -0.725. The number of hydrogen-bond donors (Lipinski definition) is 0. The molecular weight excluding hydrogens is 494 g/mol. The fourth-order valence-electron chi connectivity index (χ4n) is 4.12. The predicted molar refractivity (Wildman–Crippen MR) is 140 cm³/mol. The van der Waals surface area contributed by atoms with Crippen LogP contribution in [0.15, 0.2) is 73.1 Å². The Labute approximate surface area is 219 Å². The quantitative estimate of drug-likeness (QED) is 0.178. The van der Waals surface area contributed by atoms with Crippen molar-refractivity contribution in [1.82, 2.24) is 18.9 Å². The first-order valence-electron chi connectivity index (χ1n) is 12.0. The zero-order chi connectivity index (χ0) is 27.4. The largest absolute Gasteiger partial charge is 0.441 e. The Hall–Kier alpha value is -4.02. The van der Waals surface area contributed by atoms with Gasteiger partial charge in [-0.1, -0.05) is 12.1 Å². The summed E-state index contributed by atoms with van der Waals surface area (Å²) in [7, 11) is 7.00. The maximum absolute atomic E-state index is 14.0. The maximum Gasteiger partial charge on any atom is 0.332 e. The number of rotatable bonds is 10. The first-order chi connectivity index (χ1) is 18.1. The Morgan fingerprint density at radius 3 is 1.50 bits per heavy atom.